The minimum absolute atomic E-state index is 0.0406. The molecule has 6 amide bonds. The number of anilines is 1. The van der Waals surface area contributed by atoms with Gasteiger partial charge in [0.05, 0.1) is 50.4 Å². The Labute approximate surface area is 499 Å². The Bertz CT molecular complexity index is 3240. The average molecular weight is 1180 g/mol. The molecule has 1 saturated heterocycles. The minimum Gasteiger partial charge on any atom is -0.487 e. The Balaban J connectivity index is 0.599. The highest BCUT2D eigenvalue weighted by atomic mass is 16.5. The molecule has 2 aromatic carbocycles. The Morgan fingerprint density at radius 3 is 2.28 bits per heavy atom. The summed E-state index contributed by atoms with van der Waals surface area (Å²) in [6, 6.07) is 17.5. The lowest BCUT2D eigenvalue weighted by atomic mass is 9.88. The average Bonchev–Trinajstić information content (AvgIpc) is 2.49. The van der Waals surface area contributed by atoms with E-state index < -0.39 is 24.0 Å². The van der Waals surface area contributed by atoms with Gasteiger partial charge in [-0.3, -0.25) is 29.0 Å². The van der Waals surface area contributed by atoms with Crippen molar-refractivity contribution in [3.05, 3.63) is 114 Å². The van der Waals surface area contributed by atoms with Crippen LogP contribution >= 0.6 is 0 Å². The van der Waals surface area contributed by atoms with E-state index in [2.05, 4.69) is 57.2 Å². The summed E-state index contributed by atoms with van der Waals surface area (Å²) in [4.78, 5) is 83.8. The van der Waals surface area contributed by atoms with Crippen molar-refractivity contribution < 1.29 is 52.8 Å². The first-order chi connectivity index (χ1) is 41.4. The molecule has 25 heteroatoms. The molecule has 2 saturated carbocycles. The Hall–Kier alpha value is -8.71. The second-order valence-electron chi connectivity index (χ2n) is 23.5. The molecule has 9 rings (SSSR count). The first kappa shape index (κ1) is 61.8. The van der Waals surface area contributed by atoms with Gasteiger partial charge in [-0.25, -0.2) is 19.3 Å². The van der Waals surface area contributed by atoms with Crippen LogP contribution in [0.3, 0.4) is 0 Å². The fourth-order valence-corrected chi connectivity index (χ4v) is 10.3. The van der Waals surface area contributed by atoms with Crippen LogP contribution in [0.5, 0.6) is 17.4 Å². The summed E-state index contributed by atoms with van der Waals surface area (Å²) in [5, 5.41) is 44.0. The van der Waals surface area contributed by atoms with Crippen LogP contribution in [0.15, 0.2) is 85.3 Å². The van der Waals surface area contributed by atoms with E-state index in [1.807, 2.05) is 58.9 Å². The number of likely N-dealkylation sites (tertiary alicyclic amines) is 1. The normalized spacial score (nSPS) is 14.9. The molecule has 0 spiro atoms. The first-order valence-corrected chi connectivity index (χ1v) is 29.5. The maximum atomic E-state index is 14.0. The number of hydrogen-bond donors (Lipinski definition) is 7. The van der Waals surface area contributed by atoms with Gasteiger partial charge in [-0.2, -0.15) is 10.2 Å². The second kappa shape index (κ2) is 28.9. The Morgan fingerprint density at radius 1 is 0.837 bits per heavy atom. The molecule has 0 radical (unpaired) electrons. The van der Waals surface area contributed by atoms with Crippen LogP contribution in [-0.2, 0) is 43.6 Å². The van der Waals surface area contributed by atoms with E-state index in [1.165, 1.54) is 23.0 Å². The third-order valence-corrected chi connectivity index (χ3v) is 15.2. The molecule has 0 unspecified atom stereocenters. The smallest absolute Gasteiger partial charge is 0.326 e. The molecule has 6 aromatic rings. The van der Waals surface area contributed by atoms with Crippen molar-refractivity contribution in [2.45, 2.75) is 124 Å². The van der Waals surface area contributed by atoms with Crippen LogP contribution in [0.4, 0.5) is 10.5 Å². The second-order valence-corrected chi connectivity index (χ2v) is 23.5. The fraction of sp³-hybridized carbons (Fsp3) is 0.492. The number of benzene rings is 2. The molecule has 2 atom stereocenters. The highest BCUT2D eigenvalue weighted by Crippen LogP contribution is 2.51. The molecule has 3 fully saturated rings. The van der Waals surface area contributed by atoms with Crippen molar-refractivity contribution in [2.24, 2.45) is 23.2 Å². The molecule has 5 heterocycles. The molecular formula is C61H78N14O11. The summed E-state index contributed by atoms with van der Waals surface area (Å²) in [5.74, 6) is -0.390. The first-order valence-electron chi connectivity index (χ1n) is 29.5. The zero-order chi connectivity index (χ0) is 60.7. The number of carboxylic acid groups (broad SMARTS) is 1. The van der Waals surface area contributed by atoms with E-state index in [0.717, 1.165) is 48.2 Å². The molecule has 3 aliphatic rings. The van der Waals surface area contributed by atoms with Crippen LogP contribution in [0.1, 0.15) is 110 Å². The number of pyridine rings is 1. The zero-order valence-corrected chi connectivity index (χ0v) is 49.4. The van der Waals surface area contributed by atoms with Crippen molar-refractivity contribution >= 4 is 41.3 Å². The largest absolute Gasteiger partial charge is 0.487 e. The molecule has 7 N–H and O–H groups in total. The number of carbonyl (C=O) groups excluding carboxylic acids is 5. The van der Waals surface area contributed by atoms with E-state index >= 15 is 0 Å². The van der Waals surface area contributed by atoms with E-state index in [1.54, 1.807) is 52.3 Å². The third-order valence-electron chi connectivity index (χ3n) is 15.2. The number of ether oxygens (including phenoxy) is 4. The Kier molecular flexibility index (Phi) is 20.8. The number of nitrogens with one attached hydrogen (secondary N) is 6. The van der Waals surface area contributed by atoms with Gasteiger partial charge in [-0.05, 0) is 130 Å². The fourth-order valence-electron chi connectivity index (χ4n) is 10.3. The summed E-state index contributed by atoms with van der Waals surface area (Å²) >= 11 is 0. The lowest BCUT2D eigenvalue weighted by Gasteiger charge is -2.38. The topological polar surface area (TPSA) is 313 Å². The standard InChI is InChI=1S/C61H78N14O11/c1-38-53(39(2)70-69-38)40-15-18-44(19-16-40)66-58(79)55(54(41-11-12-41)42-13-14-42)68-57(78)50-22-26-65-75(50)27-7-24-62-51(76)36-74-33-45(71-72-74)37-84-30-29-83-28-8-25-63-60(82)73-34-48(35-73)85-46-9-6-10-47(31-46)86-52-20-17-43(32-64-52)56(77)67-49(59(80)81)21-23-61(3,4)5/h6,9-10,15-20,22,26,31-33,41-42,48-49,54-55H,7-8,11-14,21,23-25,27-30,34-37H2,1-5H3,(H,62,76)(H,63,82)(H,66,79)(H,67,77)(H,68,78)(H,69,70)(H,80,81)/t49-,55-/m0/s1. The van der Waals surface area contributed by atoms with Gasteiger partial charge in [0.2, 0.25) is 17.7 Å². The highest BCUT2D eigenvalue weighted by Gasteiger charge is 2.48. The number of rotatable bonds is 32. The molecule has 458 valence electrons. The van der Waals surface area contributed by atoms with E-state index in [0.29, 0.717) is 119 Å². The summed E-state index contributed by atoms with van der Waals surface area (Å²) in [6.45, 7) is 13.1. The maximum Gasteiger partial charge on any atom is 0.326 e. The Morgan fingerprint density at radius 2 is 1.58 bits per heavy atom. The lowest BCUT2D eigenvalue weighted by Crippen LogP contribution is -2.59. The summed E-state index contributed by atoms with van der Waals surface area (Å²) < 4.78 is 26.4. The van der Waals surface area contributed by atoms with Crippen LogP contribution in [0.2, 0.25) is 0 Å². The van der Waals surface area contributed by atoms with E-state index in [9.17, 15) is 33.9 Å². The molecule has 25 nitrogen and oxygen atoms in total. The lowest BCUT2D eigenvalue weighted by molar-refractivity contribution is -0.139. The number of aromatic amines is 1. The van der Waals surface area contributed by atoms with Gasteiger partial charge in [0.1, 0.15) is 47.6 Å². The van der Waals surface area contributed by atoms with Gasteiger partial charge >= 0.3 is 12.0 Å². The van der Waals surface area contributed by atoms with Crippen LogP contribution in [0, 0.1) is 37.0 Å². The SMILES string of the molecule is Cc1n[nH]c(C)c1-c1ccc(NC(=O)[C@@H](NC(=O)c2ccnn2CCCNC(=O)Cn2cc(COCCOCCCNC(=O)N3CC(Oc4cccc(Oc5ccc(C(=O)N[C@@H](CCC(C)(C)C)C(=O)O)cn5)c4)C3)nn2)C(C2CC2)C2CC2)cc1. The van der Waals surface area contributed by atoms with Crippen molar-refractivity contribution in [3.63, 3.8) is 0 Å². The zero-order valence-electron chi connectivity index (χ0n) is 49.4. The number of aryl methyl sites for hydroxylation is 3. The van der Waals surface area contributed by atoms with Crippen molar-refractivity contribution in [3.8, 4) is 28.5 Å². The van der Waals surface area contributed by atoms with Crippen molar-refractivity contribution in [1.29, 1.82) is 0 Å². The summed E-state index contributed by atoms with van der Waals surface area (Å²) in [5.41, 5.74) is 5.59. The molecule has 4 aromatic heterocycles. The maximum absolute atomic E-state index is 14.0. The molecule has 86 heavy (non-hydrogen) atoms. The molecule has 2 aliphatic carbocycles. The molecular weight excluding hydrogens is 1100 g/mol. The predicted molar refractivity (Wildman–Crippen MR) is 315 cm³/mol. The summed E-state index contributed by atoms with van der Waals surface area (Å²) in [7, 11) is 0. The minimum atomic E-state index is -1.09. The summed E-state index contributed by atoms with van der Waals surface area (Å²) in [6.07, 6.45) is 10.6. The number of nitrogens with zero attached hydrogens (tertiary/aromatic N) is 8. The van der Waals surface area contributed by atoms with Gasteiger partial charge < -0.3 is 55.5 Å². The number of carbonyl (C=O) groups is 6. The molecule has 1 aliphatic heterocycles. The van der Waals surface area contributed by atoms with Gasteiger partial charge in [0, 0.05) is 67.7 Å². The van der Waals surface area contributed by atoms with Gasteiger partial charge in [0.15, 0.2) is 0 Å². The number of aromatic nitrogens is 8. The number of aliphatic carboxylic acids is 1. The van der Waals surface area contributed by atoms with Gasteiger partial charge in [-0.1, -0.05) is 44.2 Å². The number of amides is 6. The van der Waals surface area contributed by atoms with Crippen LogP contribution in [-0.4, -0.2) is 150 Å². The highest BCUT2D eigenvalue weighted by molar-refractivity contribution is 6.01. The third kappa shape index (κ3) is 17.9. The number of urea groups is 1. The van der Waals surface area contributed by atoms with Crippen LogP contribution < -0.4 is 36.1 Å². The number of H-pyrrole nitrogens is 1. The number of hydrogen-bond acceptors (Lipinski definition) is 15. The van der Waals surface area contributed by atoms with Crippen LogP contribution in [0.25, 0.3) is 11.1 Å². The molecule has 0 bridgehead atoms. The van der Waals surface area contributed by atoms with E-state index in [-0.39, 0.29) is 65.8 Å². The van der Waals surface area contributed by atoms with E-state index in [4.69, 9.17) is 18.9 Å². The monoisotopic (exact) mass is 1180 g/mol. The number of carboxylic acids is 1. The predicted octanol–water partition coefficient (Wildman–Crippen LogP) is 6.45. The van der Waals surface area contributed by atoms with Crippen molar-refractivity contribution in [1.82, 2.24) is 66.1 Å². The quantitative estimate of drug-likeness (QED) is 0.0223. The van der Waals surface area contributed by atoms with Crippen molar-refractivity contribution in [2.75, 3.05) is 51.3 Å². The van der Waals surface area contributed by atoms with Gasteiger partial charge in [0.25, 0.3) is 11.8 Å². The van der Waals surface area contributed by atoms with Gasteiger partial charge in [-0.15, -0.1) is 5.10 Å².